The molecule has 0 saturated heterocycles. The lowest BCUT2D eigenvalue weighted by Gasteiger charge is -2.12. The van der Waals surface area contributed by atoms with E-state index < -0.39 is 24.0 Å². The number of hydrogen-bond acceptors (Lipinski definition) is 6. The molecule has 0 aliphatic carbocycles. The Balaban J connectivity index is 2.20. The van der Waals surface area contributed by atoms with Gasteiger partial charge >= 0.3 is 12.0 Å². The largest absolute Gasteiger partial charge is 0.449 e. The van der Waals surface area contributed by atoms with E-state index in [1.165, 1.54) is 21.1 Å². The molecule has 0 aliphatic rings. The van der Waals surface area contributed by atoms with Gasteiger partial charge in [0.2, 0.25) is 5.76 Å². The second kappa shape index (κ2) is 7.60. The van der Waals surface area contributed by atoms with Crippen LogP contribution in [0.25, 0.3) is 11.0 Å². The van der Waals surface area contributed by atoms with Crippen LogP contribution in [0.1, 0.15) is 23.0 Å². The summed E-state index contributed by atoms with van der Waals surface area (Å²) in [6.45, 7) is 1.51. The Hall–Kier alpha value is -2.87. The summed E-state index contributed by atoms with van der Waals surface area (Å²) in [5, 5.41) is 4.99. The topological polar surface area (TPSA) is 107 Å². The number of rotatable bonds is 5. The molecule has 8 nitrogen and oxygen atoms in total. The van der Waals surface area contributed by atoms with E-state index in [4.69, 9.17) is 13.9 Å². The highest BCUT2D eigenvalue weighted by Crippen LogP contribution is 2.27. The van der Waals surface area contributed by atoms with E-state index in [1.807, 2.05) is 11.4 Å². The Bertz CT molecular complexity index is 767. The number of fused-ring (bicyclic) bond motifs is 1. The smallest absolute Gasteiger partial charge is 0.375 e. The van der Waals surface area contributed by atoms with Gasteiger partial charge in [-0.15, -0.1) is 0 Å². The summed E-state index contributed by atoms with van der Waals surface area (Å²) in [6, 6.07) is 6.41. The zero-order valence-electron chi connectivity index (χ0n) is 13.5. The molecule has 2 N–H and O–H groups in total. The van der Waals surface area contributed by atoms with Crippen LogP contribution >= 0.6 is 0 Å². The van der Waals surface area contributed by atoms with Crippen molar-refractivity contribution in [2.75, 3.05) is 14.2 Å². The monoisotopic (exact) mass is 334 g/mol. The van der Waals surface area contributed by atoms with Crippen molar-refractivity contribution >= 4 is 28.9 Å². The average molecular weight is 334 g/mol. The highest BCUT2D eigenvalue weighted by molar-refractivity contribution is 5.99. The fourth-order valence-corrected chi connectivity index (χ4v) is 2.09. The number of furan rings is 1. The highest BCUT2D eigenvalue weighted by Gasteiger charge is 2.26. The van der Waals surface area contributed by atoms with Gasteiger partial charge in [0, 0.05) is 25.1 Å². The summed E-state index contributed by atoms with van der Waals surface area (Å²) < 4.78 is 15.7. The molecule has 128 valence electrons. The van der Waals surface area contributed by atoms with E-state index in [1.54, 1.807) is 18.2 Å². The Morgan fingerprint density at radius 3 is 2.62 bits per heavy atom. The first-order valence-electron chi connectivity index (χ1n) is 7.20. The lowest BCUT2D eigenvalue weighted by molar-refractivity contribution is -0.128. The van der Waals surface area contributed by atoms with Crippen LogP contribution in [0, 0.1) is 0 Å². The highest BCUT2D eigenvalue weighted by atomic mass is 16.6. The van der Waals surface area contributed by atoms with Gasteiger partial charge in [0.15, 0.2) is 6.10 Å². The molecule has 2 aromatic rings. The molecule has 0 radical (unpaired) electrons. The van der Waals surface area contributed by atoms with Crippen molar-refractivity contribution in [2.24, 2.45) is 0 Å². The predicted octanol–water partition coefficient (Wildman–Crippen LogP) is 1.58. The second-order valence-electron chi connectivity index (χ2n) is 4.95. The van der Waals surface area contributed by atoms with Crippen LogP contribution in [0.5, 0.6) is 0 Å². The lowest BCUT2D eigenvalue weighted by Crippen LogP contribution is -2.43. The van der Waals surface area contributed by atoms with Crippen LogP contribution in [0.3, 0.4) is 0 Å². The molecule has 2 rings (SSSR count). The van der Waals surface area contributed by atoms with E-state index >= 15 is 0 Å². The van der Waals surface area contributed by atoms with Gasteiger partial charge < -0.3 is 19.2 Å². The number of benzene rings is 1. The number of carbonyl (C=O) groups is 3. The summed E-state index contributed by atoms with van der Waals surface area (Å²) in [4.78, 5) is 35.2. The molecule has 1 aromatic carbocycles. The Labute approximate surface area is 138 Å². The minimum atomic E-state index is -1.17. The summed E-state index contributed by atoms with van der Waals surface area (Å²) in [7, 11) is 2.86. The quantitative estimate of drug-likeness (QED) is 0.804. The number of nitrogens with one attached hydrogen (secondary N) is 2. The van der Waals surface area contributed by atoms with E-state index in [2.05, 4.69) is 5.32 Å². The van der Waals surface area contributed by atoms with Gasteiger partial charge in [0.25, 0.3) is 5.91 Å². The standard InChI is InChI=1S/C16H18N2O6/c1-9(14(19)18-16(21)17-2)23-15(20)13-11(8-22-3)10-6-4-5-7-12(10)24-13/h4-7,9H,8H2,1-3H3,(H2,17,18,19,21)/t9-/m1/s1. The van der Waals surface area contributed by atoms with E-state index in [0.29, 0.717) is 11.1 Å². The molecule has 0 saturated carbocycles. The van der Waals surface area contributed by atoms with Crippen LogP contribution in [0.2, 0.25) is 0 Å². The minimum absolute atomic E-state index is 0.0300. The van der Waals surface area contributed by atoms with E-state index in [0.717, 1.165) is 5.39 Å². The van der Waals surface area contributed by atoms with E-state index in [9.17, 15) is 14.4 Å². The van der Waals surface area contributed by atoms with Crippen LogP contribution < -0.4 is 10.6 Å². The van der Waals surface area contributed by atoms with Gasteiger partial charge in [-0.2, -0.15) is 0 Å². The van der Waals surface area contributed by atoms with Crippen molar-refractivity contribution in [3.8, 4) is 0 Å². The number of imide groups is 1. The first-order chi connectivity index (χ1) is 11.5. The van der Waals surface area contributed by atoms with Crippen molar-refractivity contribution in [3.05, 3.63) is 35.6 Å². The maximum atomic E-state index is 12.3. The number of esters is 1. The third kappa shape index (κ3) is 3.72. The summed E-state index contributed by atoms with van der Waals surface area (Å²) >= 11 is 0. The number of para-hydroxylation sites is 1. The third-order valence-electron chi connectivity index (χ3n) is 3.29. The van der Waals surface area contributed by atoms with Gasteiger partial charge in [-0.05, 0) is 13.0 Å². The molecule has 1 heterocycles. The molecule has 8 heteroatoms. The first-order valence-corrected chi connectivity index (χ1v) is 7.20. The SMILES string of the molecule is CNC(=O)NC(=O)[C@@H](C)OC(=O)c1oc2ccccc2c1COC. The third-order valence-corrected chi connectivity index (χ3v) is 3.29. The van der Waals surface area contributed by atoms with Crippen molar-refractivity contribution in [1.82, 2.24) is 10.6 Å². The summed E-state index contributed by atoms with van der Waals surface area (Å²) in [6.07, 6.45) is -1.17. The maximum absolute atomic E-state index is 12.3. The molecule has 3 amide bonds. The Morgan fingerprint density at radius 1 is 1.25 bits per heavy atom. The number of amides is 3. The Morgan fingerprint density at radius 2 is 1.96 bits per heavy atom. The predicted molar refractivity (Wildman–Crippen MR) is 84.4 cm³/mol. The van der Waals surface area contributed by atoms with Crippen LogP contribution in [-0.2, 0) is 20.9 Å². The molecular weight excluding hydrogens is 316 g/mol. The molecule has 0 spiro atoms. The Kier molecular flexibility index (Phi) is 5.54. The molecule has 1 aromatic heterocycles. The van der Waals surface area contributed by atoms with Gasteiger partial charge in [-0.1, -0.05) is 18.2 Å². The molecule has 0 unspecified atom stereocenters. The fourth-order valence-electron chi connectivity index (χ4n) is 2.09. The molecule has 24 heavy (non-hydrogen) atoms. The van der Waals surface area contributed by atoms with Crippen molar-refractivity contribution < 1.29 is 28.3 Å². The molecule has 0 aliphatic heterocycles. The van der Waals surface area contributed by atoms with Crippen molar-refractivity contribution in [2.45, 2.75) is 19.6 Å². The number of hydrogen-bond donors (Lipinski definition) is 2. The van der Waals surface area contributed by atoms with Gasteiger partial charge in [-0.25, -0.2) is 9.59 Å². The van der Waals surface area contributed by atoms with Crippen LogP contribution in [0.15, 0.2) is 28.7 Å². The van der Waals surface area contributed by atoms with Crippen LogP contribution in [0.4, 0.5) is 4.79 Å². The van der Waals surface area contributed by atoms with Gasteiger partial charge in [0.05, 0.1) is 6.61 Å². The zero-order chi connectivity index (χ0) is 17.7. The maximum Gasteiger partial charge on any atom is 0.375 e. The number of methoxy groups -OCH3 is 1. The van der Waals surface area contributed by atoms with Gasteiger partial charge in [-0.3, -0.25) is 10.1 Å². The normalized spacial score (nSPS) is 11.8. The van der Waals surface area contributed by atoms with Gasteiger partial charge in [0.1, 0.15) is 5.58 Å². The zero-order valence-corrected chi connectivity index (χ0v) is 13.5. The summed E-state index contributed by atoms with van der Waals surface area (Å²) in [5.74, 6) is -1.58. The number of ether oxygens (including phenoxy) is 2. The summed E-state index contributed by atoms with van der Waals surface area (Å²) in [5.41, 5.74) is 1.05. The molecule has 0 bridgehead atoms. The van der Waals surface area contributed by atoms with E-state index in [-0.39, 0.29) is 12.4 Å². The lowest BCUT2D eigenvalue weighted by atomic mass is 10.1. The number of carbonyl (C=O) groups excluding carboxylic acids is 3. The molecular formula is C16H18N2O6. The molecule has 0 fully saturated rings. The van der Waals surface area contributed by atoms with Crippen LogP contribution in [-0.4, -0.2) is 38.2 Å². The van der Waals surface area contributed by atoms with Crippen molar-refractivity contribution in [3.63, 3.8) is 0 Å². The second-order valence-corrected chi connectivity index (χ2v) is 4.95. The molecule has 1 atom stereocenters. The average Bonchev–Trinajstić information content (AvgIpc) is 2.94. The number of urea groups is 1. The fraction of sp³-hybridized carbons (Fsp3) is 0.312. The van der Waals surface area contributed by atoms with Crippen molar-refractivity contribution in [1.29, 1.82) is 0 Å². The minimum Gasteiger partial charge on any atom is -0.449 e. The first kappa shape index (κ1) is 17.5.